The van der Waals surface area contributed by atoms with Gasteiger partial charge in [-0.25, -0.2) is 4.98 Å². The van der Waals surface area contributed by atoms with Gasteiger partial charge < -0.3 is 25.8 Å². The Hall–Kier alpha value is -3.18. The van der Waals surface area contributed by atoms with Crippen LogP contribution in [-0.4, -0.2) is 54.2 Å². The van der Waals surface area contributed by atoms with Gasteiger partial charge in [-0.05, 0) is 80.7 Å². The highest BCUT2D eigenvalue weighted by atomic mass is 19.4. The molecule has 0 radical (unpaired) electrons. The number of aliphatic hydroxyl groups is 1. The number of aromatic nitrogens is 1. The summed E-state index contributed by atoms with van der Waals surface area (Å²) in [6.45, 7) is 1.03. The summed E-state index contributed by atoms with van der Waals surface area (Å²) >= 11 is 0. The molecule has 2 aliphatic carbocycles. The van der Waals surface area contributed by atoms with Crippen LogP contribution in [0.5, 0.6) is 5.88 Å². The number of pyridine rings is 1. The second-order valence-corrected chi connectivity index (χ2v) is 11.1. The lowest BCUT2D eigenvalue weighted by Gasteiger charge is -2.37. The molecule has 2 aromatic rings. The van der Waals surface area contributed by atoms with Gasteiger partial charge >= 0.3 is 6.18 Å². The minimum Gasteiger partial charge on any atom is -0.481 e. The Balaban J connectivity index is 1.19. The minimum absolute atomic E-state index is 0.155. The Morgan fingerprint density at radius 3 is 2.51 bits per heavy atom. The van der Waals surface area contributed by atoms with E-state index in [9.17, 15) is 27.9 Å². The number of benzene rings is 1. The number of carbonyl (C=O) groups is 2. The third-order valence-electron chi connectivity index (χ3n) is 8.74. The molecule has 1 aromatic heterocycles. The highest BCUT2D eigenvalue weighted by Crippen LogP contribution is 2.56. The number of nitrogens with one attached hydrogen (secondary N) is 3. The summed E-state index contributed by atoms with van der Waals surface area (Å²) in [5.41, 5.74) is -1.69. The van der Waals surface area contributed by atoms with Crippen LogP contribution in [0.15, 0.2) is 42.6 Å². The first kappa shape index (κ1) is 27.4. The molecule has 1 saturated heterocycles. The first-order chi connectivity index (χ1) is 18.5. The largest absolute Gasteiger partial charge is 0.481 e. The lowest BCUT2D eigenvalue weighted by atomic mass is 9.78. The van der Waals surface area contributed by atoms with Crippen LogP contribution >= 0.6 is 0 Å². The van der Waals surface area contributed by atoms with Gasteiger partial charge in [-0.2, -0.15) is 13.2 Å². The molecule has 3 fully saturated rings. The first-order valence-electron chi connectivity index (χ1n) is 13.2. The molecule has 2 saturated carbocycles. The van der Waals surface area contributed by atoms with Crippen LogP contribution in [-0.2, 0) is 16.6 Å². The van der Waals surface area contributed by atoms with Crippen LogP contribution in [0.25, 0.3) is 0 Å². The van der Waals surface area contributed by atoms with Gasteiger partial charge in [0.25, 0.3) is 5.91 Å². The summed E-state index contributed by atoms with van der Waals surface area (Å²) in [5, 5.41) is 20.4. The van der Waals surface area contributed by atoms with Crippen LogP contribution in [0.3, 0.4) is 0 Å². The van der Waals surface area contributed by atoms with Gasteiger partial charge in [0.1, 0.15) is 0 Å². The Morgan fingerprint density at radius 1 is 1.18 bits per heavy atom. The van der Waals surface area contributed by atoms with Crippen molar-refractivity contribution in [2.24, 2.45) is 17.8 Å². The van der Waals surface area contributed by atoms with Gasteiger partial charge in [-0.1, -0.05) is 6.07 Å². The zero-order valence-electron chi connectivity index (χ0n) is 21.7. The molecule has 1 aliphatic heterocycles. The van der Waals surface area contributed by atoms with Crippen molar-refractivity contribution < 1.29 is 32.6 Å². The van der Waals surface area contributed by atoms with Gasteiger partial charge in [-0.3, -0.25) is 9.59 Å². The average molecular weight is 547 g/mol. The van der Waals surface area contributed by atoms with Crippen LogP contribution in [0.1, 0.15) is 53.6 Å². The van der Waals surface area contributed by atoms with Crippen LogP contribution in [0.4, 0.5) is 13.2 Å². The highest BCUT2D eigenvalue weighted by Gasteiger charge is 2.54. The van der Waals surface area contributed by atoms with Crippen LogP contribution < -0.4 is 20.7 Å². The fourth-order valence-corrected chi connectivity index (χ4v) is 6.82. The third kappa shape index (κ3) is 5.60. The molecule has 0 bridgehead atoms. The number of hydrogen-bond donors (Lipinski definition) is 4. The van der Waals surface area contributed by atoms with Crippen LogP contribution in [0.2, 0.25) is 0 Å². The fourth-order valence-electron chi connectivity index (χ4n) is 6.82. The molecule has 5 atom stereocenters. The second kappa shape index (κ2) is 10.4. The van der Waals surface area contributed by atoms with Crippen molar-refractivity contribution >= 4 is 11.8 Å². The lowest BCUT2D eigenvalue weighted by Crippen LogP contribution is -2.57. The molecule has 3 aliphatic rings. The number of ether oxygens (including phenoxy) is 1. The molecule has 1 aromatic carbocycles. The smallest absolute Gasteiger partial charge is 0.416 e. The van der Waals surface area contributed by atoms with Crippen molar-refractivity contribution in [3.05, 3.63) is 59.3 Å². The molecule has 0 spiro atoms. The summed E-state index contributed by atoms with van der Waals surface area (Å²) in [6.07, 6.45) is 0.866. The molecule has 2 heterocycles. The molecule has 210 valence electrons. The van der Waals surface area contributed by atoms with Gasteiger partial charge in [0.05, 0.1) is 30.4 Å². The Bertz CT molecular complexity index is 1200. The van der Waals surface area contributed by atoms with E-state index in [1.54, 1.807) is 19.4 Å². The Kier molecular flexibility index (Phi) is 7.32. The zero-order chi connectivity index (χ0) is 27.8. The Labute approximate surface area is 224 Å². The molecular formula is C28H33F3N4O4. The van der Waals surface area contributed by atoms with E-state index in [4.69, 9.17) is 4.74 Å². The van der Waals surface area contributed by atoms with Gasteiger partial charge in [-0.15, -0.1) is 0 Å². The van der Waals surface area contributed by atoms with Crippen molar-refractivity contribution in [2.75, 3.05) is 26.7 Å². The maximum atomic E-state index is 13.0. The van der Waals surface area contributed by atoms with Crippen LogP contribution in [0, 0.1) is 17.8 Å². The highest BCUT2D eigenvalue weighted by molar-refractivity contribution is 5.96. The topological polar surface area (TPSA) is 113 Å². The summed E-state index contributed by atoms with van der Waals surface area (Å²) in [6, 6.07) is 7.74. The standard InChI is InChI=1S/C28H33F3N4O4/c1-39-24-6-5-21(14-33-24)27(38)12-18-10-22(11-19(18)13-27)26(7-8-32-16-26)35-23(36)15-34-25(37)17-3-2-4-20(9-17)28(29,30)31/h2-6,9,14,18-19,22,32,38H,7-8,10-13,15-16H2,1H3,(H,34,37)(H,35,36)/t18-,19?,22?,26-,27?/m0/s1. The molecule has 11 heteroatoms. The van der Waals surface area contributed by atoms with Gasteiger partial charge in [0, 0.05) is 29.9 Å². The molecule has 4 N–H and O–H groups in total. The van der Waals surface area contributed by atoms with Gasteiger partial charge in [0.15, 0.2) is 0 Å². The minimum atomic E-state index is -4.56. The maximum Gasteiger partial charge on any atom is 0.416 e. The van der Waals surface area contributed by atoms with Crippen molar-refractivity contribution in [1.82, 2.24) is 20.9 Å². The fraction of sp³-hybridized carbons (Fsp3) is 0.536. The maximum absolute atomic E-state index is 13.0. The van der Waals surface area contributed by atoms with E-state index < -0.39 is 28.8 Å². The zero-order valence-corrected chi connectivity index (χ0v) is 21.7. The van der Waals surface area contributed by atoms with Crippen molar-refractivity contribution in [1.29, 1.82) is 0 Å². The summed E-state index contributed by atoms with van der Waals surface area (Å²) in [5.74, 6) is 0.228. The number of methoxy groups -OCH3 is 1. The van der Waals surface area contributed by atoms with E-state index in [1.807, 2.05) is 6.07 Å². The average Bonchev–Trinajstić information content (AvgIpc) is 3.62. The quantitative estimate of drug-likeness (QED) is 0.425. The molecule has 2 amide bonds. The van der Waals surface area contributed by atoms with Crippen molar-refractivity contribution in [3.8, 4) is 5.88 Å². The van der Waals surface area contributed by atoms with Gasteiger partial charge in [0.2, 0.25) is 11.8 Å². The number of halogens is 3. The second-order valence-electron chi connectivity index (χ2n) is 11.1. The number of alkyl halides is 3. The van der Waals surface area contributed by atoms with Crippen molar-refractivity contribution in [3.63, 3.8) is 0 Å². The summed E-state index contributed by atoms with van der Waals surface area (Å²) in [4.78, 5) is 29.6. The number of nitrogens with zero attached hydrogens (tertiary/aromatic N) is 1. The lowest BCUT2D eigenvalue weighted by molar-refractivity contribution is -0.137. The SMILES string of the molecule is COc1ccc(C2(O)CC3CC([C@]4(NC(=O)CNC(=O)c5cccc(C(F)(F)F)c5)CCNC4)C[C@H]3C2)cn1. The van der Waals surface area contributed by atoms with Crippen molar-refractivity contribution in [2.45, 2.75) is 49.4 Å². The number of hydrogen-bond acceptors (Lipinski definition) is 6. The van der Waals surface area contributed by atoms with E-state index in [2.05, 4.69) is 20.9 Å². The summed E-state index contributed by atoms with van der Waals surface area (Å²) < 4.78 is 44.1. The van der Waals surface area contributed by atoms with E-state index in [0.29, 0.717) is 37.1 Å². The predicted octanol–water partition coefficient (Wildman–Crippen LogP) is 3.01. The molecule has 3 unspecified atom stereocenters. The molecule has 8 nitrogen and oxygen atoms in total. The van der Waals surface area contributed by atoms with E-state index in [-0.39, 0.29) is 23.9 Å². The number of amides is 2. The predicted molar refractivity (Wildman–Crippen MR) is 136 cm³/mol. The third-order valence-corrected chi connectivity index (χ3v) is 8.74. The van der Waals surface area contributed by atoms with E-state index >= 15 is 0 Å². The number of carbonyl (C=O) groups excluding carboxylic acids is 2. The summed E-state index contributed by atoms with van der Waals surface area (Å²) in [7, 11) is 1.55. The van der Waals surface area contributed by atoms with E-state index in [1.165, 1.54) is 12.1 Å². The monoisotopic (exact) mass is 546 g/mol. The number of rotatable bonds is 7. The Morgan fingerprint density at radius 2 is 1.92 bits per heavy atom. The first-order valence-corrected chi connectivity index (χ1v) is 13.2. The normalized spacial score (nSPS) is 30.1. The molecule has 5 rings (SSSR count). The molecule has 39 heavy (non-hydrogen) atoms. The van der Waals surface area contributed by atoms with E-state index in [0.717, 1.165) is 43.5 Å². The number of fused-ring (bicyclic) bond motifs is 1. The molecular weight excluding hydrogens is 513 g/mol.